The molecule has 1 aliphatic rings. The molecule has 2 aromatic rings. The average Bonchev–Trinajstić information content (AvgIpc) is 2.91. The van der Waals surface area contributed by atoms with E-state index in [1.807, 2.05) is 11.4 Å². The van der Waals surface area contributed by atoms with Crippen molar-refractivity contribution >= 4 is 11.5 Å². The Morgan fingerprint density at radius 2 is 2.00 bits per heavy atom. The fraction of sp³-hybridized carbons (Fsp3) is 0.667. The number of aryl methyl sites for hydroxylation is 3. The largest absolute Gasteiger partial charge is 0.379 e. The number of rotatable bonds is 6. The Hall–Kier alpha value is -1.66. The quantitative estimate of drug-likeness (QED) is 0.881. The van der Waals surface area contributed by atoms with Crippen molar-refractivity contribution in [3.63, 3.8) is 0 Å². The molecule has 6 nitrogen and oxygen atoms in total. The smallest absolute Gasteiger partial charge is 0.160 e. The van der Waals surface area contributed by atoms with Crippen molar-refractivity contribution in [2.24, 2.45) is 0 Å². The Kier molecular flexibility index (Phi) is 5.36. The maximum Gasteiger partial charge on any atom is 0.160 e. The molecule has 2 aromatic heterocycles. The topological polar surface area (TPSA) is 54.7 Å². The summed E-state index contributed by atoms with van der Waals surface area (Å²) in [5.41, 5.74) is 4.27. The molecular weight excluding hydrogens is 302 g/mol. The van der Waals surface area contributed by atoms with Gasteiger partial charge in [-0.1, -0.05) is 13.8 Å². The summed E-state index contributed by atoms with van der Waals surface area (Å²) in [7, 11) is 0. The zero-order valence-electron chi connectivity index (χ0n) is 15.3. The first-order chi connectivity index (χ1) is 11.6. The molecule has 1 N–H and O–H groups in total. The van der Waals surface area contributed by atoms with Crippen LogP contribution in [0, 0.1) is 13.8 Å². The van der Waals surface area contributed by atoms with Crippen molar-refractivity contribution in [3.05, 3.63) is 23.0 Å². The van der Waals surface area contributed by atoms with Gasteiger partial charge in [0, 0.05) is 43.0 Å². The first-order valence-corrected chi connectivity index (χ1v) is 9.05. The van der Waals surface area contributed by atoms with Gasteiger partial charge in [-0.15, -0.1) is 0 Å². The molecule has 0 spiro atoms. The summed E-state index contributed by atoms with van der Waals surface area (Å²) in [6.45, 7) is 13.2. The summed E-state index contributed by atoms with van der Waals surface area (Å²) in [6.07, 6.45) is 2.05. The molecule has 3 heterocycles. The molecule has 132 valence electrons. The number of ether oxygens (including phenoxy) is 1. The molecule has 0 radical (unpaired) electrons. The molecule has 3 rings (SSSR count). The van der Waals surface area contributed by atoms with Crippen molar-refractivity contribution in [1.29, 1.82) is 0 Å². The van der Waals surface area contributed by atoms with Crippen LogP contribution in [-0.2, 0) is 11.2 Å². The minimum Gasteiger partial charge on any atom is -0.379 e. The minimum absolute atomic E-state index is 0.514. The molecule has 0 aliphatic carbocycles. The Morgan fingerprint density at radius 1 is 1.25 bits per heavy atom. The number of nitrogens with zero attached hydrogens (tertiary/aromatic N) is 4. The van der Waals surface area contributed by atoms with Crippen molar-refractivity contribution in [3.8, 4) is 0 Å². The predicted molar refractivity (Wildman–Crippen MR) is 96.8 cm³/mol. The highest BCUT2D eigenvalue weighted by molar-refractivity contribution is 5.56. The fourth-order valence-corrected chi connectivity index (χ4v) is 3.28. The van der Waals surface area contributed by atoms with Gasteiger partial charge in [-0.3, -0.25) is 4.90 Å². The molecule has 1 aliphatic heterocycles. The summed E-state index contributed by atoms with van der Waals surface area (Å²) in [5.74, 6) is 1.04. The van der Waals surface area contributed by atoms with Crippen LogP contribution in [0.3, 0.4) is 0 Å². The van der Waals surface area contributed by atoms with Crippen LogP contribution >= 0.6 is 0 Å². The van der Waals surface area contributed by atoms with Gasteiger partial charge in [-0.25, -0.2) is 4.98 Å². The second kappa shape index (κ2) is 7.49. The summed E-state index contributed by atoms with van der Waals surface area (Å²) < 4.78 is 7.43. The van der Waals surface area contributed by atoms with E-state index in [1.54, 1.807) is 0 Å². The maximum absolute atomic E-state index is 5.48. The average molecular weight is 331 g/mol. The Bertz CT molecular complexity index is 690. The number of nitrogens with one attached hydrogen (secondary N) is 1. The first kappa shape index (κ1) is 17.2. The van der Waals surface area contributed by atoms with Gasteiger partial charge in [0.1, 0.15) is 5.82 Å². The van der Waals surface area contributed by atoms with Crippen LogP contribution in [0.5, 0.6) is 0 Å². The monoisotopic (exact) mass is 331 g/mol. The number of fused-ring (bicyclic) bond motifs is 1. The lowest BCUT2D eigenvalue weighted by molar-refractivity contribution is 0.0184. The molecular formula is C18H29N5O. The molecule has 1 atom stereocenters. The van der Waals surface area contributed by atoms with E-state index in [0.29, 0.717) is 6.04 Å². The number of morpholine rings is 1. The third kappa shape index (κ3) is 3.39. The van der Waals surface area contributed by atoms with E-state index >= 15 is 0 Å². The molecule has 0 aromatic carbocycles. The lowest BCUT2D eigenvalue weighted by Gasteiger charge is -2.34. The third-order valence-corrected chi connectivity index (χ3v) is 5.02. The zero-order chi connectivity index (χ0) is 17.1. The zero-order valence-corrected chi connectivity index (χ0v) is 15.3. The van der Waals surface area contributed by atoms with Gasteiger partial charge in [-0.2, -0.15) is 9.61 Å². The van der Waals surface area contributed by atoms with Crippen molar-refractivity contribution in [1.82, 2.24) is 19.5 Å². The van der Waals surface area contributed by atoms with E-state index in [9.17, 15) is 0 Å². The second-order valence-electron chi connectivity index (χ2n) is 6.52. The van der Waals surface area contributed by atoms with Gasteiger partial charge in [0.05, 0.1) is 18.9 Å². The Balaban J connectivity index is 1.82. The SMILES string of the molecule is CCc1cc(NC[C@@H](CC)N2CCOCC2)n2nc(C)c(C)c2n1. The summed E-state index contributed by atoms with van der Waals surface area (Å²) in [4.78, 5) is 7.27. The van der Waals surface area contributed by atoms with Gasteiger partial charge in [0.2, 0.25) is 0 Å². The van der Waals surface area contributed by atoms with E-state index in [-0.39, 0.29) is 0 Å². The summed E-state index contributed by atoms with van der Waals surface area (Å²) in [6, 6.07) is 2.64. The van der Waals surface area contributed by atoms with Crippen LogP contribution in [0.4, 0.5) is 5.82 Å². The number of hydrogen-bond acceptors (Lipinski definition) is 5. The van der Waals surface area contributed by atoms with Crippen molar-refractivity contribution < 1.29 is 4.74 Å². The highest BCUT2D eigenvalue weighted by atomic mass is 16.5. The van der Waals surface area contributed by atoms with Gasteiger partial charge >= 0.3 is 0 Å². The molecule has 0 bridgehead atoms. The Morgan fingerprint density at radius 3 is 2.67 bits per heavy atom. The predicted octanol–water partition coefficient (Wildman–Crippen LogP) is 2.43. The molecule has 0 unspecified atom stereocenters. The van der Waals surface area contributed by atoms with Crippen molar-refractivity contribution in [2.75, 3.05) is 38.2 Å². The van der Waals surface area contributed by atoms with Gasteiger partial charge in [-0.05, 0) is 26.7 Å². The molecule has 0 amide bonds. The summed E-state index contributed by atoms with van der Waals surface area (Å²) in [5, 5.41) is 8.29. The maximum atomic E-state index is 5.48. The molecule has 1 fully saturated rings. The standard InChI is InChI=1S/C18H29N5O/c1-5-15-11-17(23-18(20-15)13(3)14(4)21-23)19-12-16(6-2)22-7-9-24-10-8-22/h11,16,19H,5-10,12H2,1-4H3/t16-/m1/s1. The highest BCUT2D eigenvalue weighted by Gasteiger charge is 2.20. The van der Waals surface area contributed by atoms with Crippen LogP contribution in [0.15, 0.2) is 6.07 Å². The molecule has 1 saturated heterocycles. The Labute approximate surface area is 144 Å². The first-order valence-electron chi connectivity index (χ1n) is 9.05. The number of aromatic nitrogens is 3. The van der Waals surface area contributed by atoms with Crippen molar-refractivity contribution in [2.45, 2.75) is 46.6 Å². The second-order valence-corrected chi connectivity index (χ2v) is 6.52. The van der Waals surface area contributed by atoms with Gasteiger partial charge in [0.25, 0.3) is 0 Å². The van der Waals surface area contributed by atoms with Gasteiger partial charge < -0.3 is 10.1 Å². The van der Waals surface area contributed by atoms with Crippen LogP contribution in [0.25, 0.3) is 5.65 Å². The van der Waals surface area contributed by atoms with Crippen LogP contribution in [0.2, 0.25) is 0 Å². The molecule has 24 heavy (non-hydrogen) atoms. The number of hydrogen-bond donors (Lipinski definition) is 1. The molecule has 6 heteroatoms. The van der Waals surface area contributed by atoms with Gasteiger partial charge in [0.15, 0.2) is 5.65 Å². The van der Waals surface area contributed by atoms with Crippen LogP contribution in [-0.4, -0.2) is 58.4 Å². The van der Waals surface area contributed by atoms with E-state index in [0.717, 1.165) is 74.1 Å². The number of anilines is 1. The van der Waals surface area contributed by atoms with E-state index in [4.69, 9.17) is 9.72 Å². The minimum atomic E-state index is 0.514. The third-order valence-electron chi connectivity index (χ3n) is 5.02. The lowest BCUT2D eigenvalue weighted by atomic mass is 10.1. The van der Waals surface area contributed by atoms with E-state index < -0.39 is 0 Å². The molecule has 0 saturated carbocycles. The lowest BCUT2D eigenvalue weighted by Crippen LogP contribution is -2.46. The van der Waals surface area contributed by atoms with E-state index in [1.165, 1.54) is 0 Å². The highest BCUT2D eigenvalue weighted by Crippen LogP contribution is 2.19. The normalized spacial score (nSPS) is 17.3. The van der Waals surface area contributed by atoms with Crippen LogP contribution in [0.1, 0.15) is 37.2 Å². The van der Waals surface area contributed by atoms with Crippen LogP contribution < -0.4 is 5.32 Å². The summed E-state index contributed by atoms with van der Waals surface area (Å²) >= 11 is 0. The fourth-order valence-electron chi connectivity index (χ4n) is 3.28. The van der Waals surface area contributed by atoms with E-state index in [2.05, 4.69) is 42.2 Å².